The van der Waals surface area contributed by atoms with Crippen LogP contribution in [0.3, 0.4) is 0 Å². The molecule has 4 nitrogen and oxygen atoms in total. The summed E-state index contributed by atoms with van der Waals surface area (Å²) in [5.41, 5.74) is 1.38. The molecule has 1 heterocycles. The molecule has 112 valence electrons. The number of nitrogens with one attached hydrogen (secondary N) is 1. The van der Waals surface area contributed by atoms with Crippen LogP contribution in [0.2, 0.25) is 0 Å². The molecule has 0 saturated carbocycles. The van der Waals surface area contributed by atoms with Gasteiger partial charge in [-0.05, 0) is 25.3 Å². The minimum absolute atomic E-state index is 0.0445. The molecular formula is C17H21NO3. The highest BCUT2D eigenvalue weighted by Gasteiger charge is 2.40. The third-order valence-electron chi connectivity index (χ3n) is 4.02. The SMILES string of the molecule is CCOC(=O)C1=C(c2ccccc2)NC(=O)C(C)(CC)C1. The first-order chi connectivity index (χ1) is 10.0. The predicted octanol–water partition coefficient (Wildman–Crippen LogP) is 2.90. The molecule has 1 aromatic carbocycles. The normalized spacial score (nSPS) is 22.0. The zero-order valence-corrected chi connectivity index (χ0v) is 12.7. The summed E-state index contributed by atoms with van der Waals surface area (Å²) in [6.45, 7) is 5.93. The quantitative estimate of drug-likeness (QED) is 0.866. The molecule has 1 aliphatic heterocycles. The Kier molecular flexibility index (Phi) is 4.46. The largest absolute Gasteiger partial charge is 0.463 e. The van der Waals surface area contributed by atoms with Crippen molar-refractivity contribution < 1.29 is 14.3 Å². The van der Waals surface area contributed by atoms with Crippen LogP contribution in [0.15, 0.2) is 35.9 Å². The van der Waals surface area contributed by atoms with Crippen molar-refractivity contribution in [1.29, 1.82) is 0 Å². The third kappa shape index (κ3) is 2.99. The molecule has 0 aromatic heterocycles. The summed E-state index contributed by atoms with van der Waals surface area (Å²) in [7, 11) is 0. The molecular weight excluding hydrogens is 266 g/mol. The van der Waals surface area contributed by atoms with Crippen LogP contribution in [0.1, 0.15) is 39.2 Å². The summed E-state index contributed by atoms with van der Waals surface area (Å²) in [5.74, 6) is -0.395. The summed E-state index contributed by atoms with van der Waals surface area (Å²) < 4.78 is 5.16. The highest BCUT2D eigenvalue weighted by atomic mass is 16.5. The van der Waals surface area contributed by atoms with E-state index in [4.69, 9.17) is 4.74 Å². The number of esters is 1. The lowest BCUT2D eigenvalue weighted by Gasteiger charge is -2.34. The third-order valence-corrected chi connectivity index (χ3v) is 4.02. The number of benzene rings is 1. The van der Waals surface area contributed by atoms with Crippen LogP contribution < -0.4 is 5.32 Å². The summed E-state index contributed by atoms with van der Waals surface area (Å²) in [5, 5.41) is 2.90. The first kappa shape index (κ1) is 15.3. The van der Waals surface area contributed by atoms with Gasteiger partial charge in [0.15, 0.2) is 0 Å². The van der Waals surface area contributed by atoms with Crippen LogP contribution in [0.4, 0.5) is 0 Å². The number of amides is 1. The maximum absolute atomic E-state index is 12.4. The number of carbonyl (C=O) groups excluding carboxylic acids is 2. The van der Waals surface area contributed by atoms with Crippen LogP contribution in [-0.4, -0.2) is 18.5 Å². The fourth-order valence-corrected chi connectivity index (χ4v) is 2.43. The minimum atomic E-state index is -0.569. The summed E-state index contributed by atoms with van der Waals surface area (Å²) in [6.07, 6.45) is 1.07. The zero-order valence-electron chi connectivity index (χ0n) is 12.7. The van der Waals surface area contributed by atoms with Crippen LogP contribution in [0, 0.1) is 5.41 Å². The summed E-state index contributed by atoms with van der Waals surface area (Å²) in [6, 6.07) is 9.41. The predicted molar refractivity (Wildman–Crippen MR) is 81.2 cm³/mol. The van der Waals surface area contributed by atoms with Gasteiger partial charge in [-0.15, -0.1) is 0 Å². The van der Waals surface area contributed by atoms with Gasteiger partial charge in [-0.1, -0.05) is 44.2 Å². The van der Waals surface area contributed by atoms with Crippen LogP contribution in [-0.2, 0) is 14.3 Å². The fraction of sp³-hybridized carbons (Fsp3) is 0.412. The monoisotopic (exact) mass is 287 g/mol. The molecule has 4 heteroatoms. The maximum Gasteiger partial charge on any atom is 0.336 e. The second kappa shape index (κ2) is 6.12. The Morgan fingerprint density at radius 2 is 1.95 bits per heavy atom. The van der Waals surface area contributed by atoms with E-state index in [1.807, 2.05) is 44.2 Å². The van der Waals surface area contributed by atoms with Gasteiger partial charge in [-0.3, -0.25) is 4.79 Å². The van der Waals surface area contributed by atoms with Gasteiger partial charge in [0.1, 0.15) is 0 Å². The van der Waals surface area contributed by atoms with E-state index in [0.717, 1.165) is 5.56 Å². The number of rotatable bonds is 4. The lowest BCUT2D eigenvalue weighted by atomic mass is 9.76. The van der Waals surface area contributed by atoms with Crippen LogP contribution in [0.25, 0.3) is 5.70 Å². The average Bonchev–Trinajstić information content (AvgIpc) is 2.50. The highest BCUT2D eigenvalue weighted by Crippen LogP contribution is 2.37. The summed E-state index contributed by atoms with van der Waals surface area (Å²) in [4.78, 5) is 24.6. The molecule has 1 unspecified atom stereocenters. The Morgan fingerprint density at radius 3 is 2.52 bits per heavy atom. The standard InChI is InChI=1S/C17H21NO3/c1-4-17(3)11-13(15(19)21-5-2)14(18-16(17)20)12-9-7-6-8-10-12/h6-10H,4-5,11H2,1-3H3,(H,18,20). The molecule has 0 saturated heterocycles. The van der Waals surface area contributed by atoms with Crippen molar-refractivity contribution in [1.82, 2.24) is 5.32 Å². The Morgan fingerprint density at radius 1 is 1.29 bits per heavy atom. The van der Waals surface area contributed by atoms with E-state index in [-0.39, 0.29) is 11.9 Å². The molecule has 0 spiro atoms. The van der Waals surface area contributed by atoms with E-state index >= 15 is 0 Å². The number of ether oxygens (including phenoxy) is 1. The lowest BCUT2D eigenvalue weighted by molar-refractivity contribution is -0.139. The Balaban J connectivity index is 2.50. The van der Waals surface area contributed by atoms with Gasteiger partial charge in [-0.25, -0.2) is 4.79 Å². The number of carbonyl (C=O) groups is 2. The van der Waals surface area contributed by atoms with Crippen molar-refractivity contribution in [2.45, 2.75) is 33.6 Å². The van der Waals surface area contributed by atoms with Crippen molar-refractivity contribution >= 4 is 17.6 Å². The second-order valence-electron chi connectivity index (χ2n) is 5.49. The fourth-order valence-electron chi connectivity index (χ4n) is 2.43. The van der Waals surface area contributed by atoms with E-state index in [1.54, 1.807) is 6.92 Å². The molecule has 1 aliphatic rings. The lowest BCUT2D eigenvalue weighted by Crippen LogP contribution is -2.43. The van der Waals surface area contributed by atoms with Gasteiger partial charge in [0, 0.05) is 0 Å². The van der Waals surface area contributed by atoms with Crippen LogP contribution >= 0.6 is 0 Å². The van der Waals surface area contributed by atoms with E-state index in [0.29, 0.717) is 30.7 Å². The topological polar surface area (TPSA) is 55.4 Å². The van der Waals surface area contributed by atoms with Crippen molar-refractivity contribution in [3.05, 3.63) is 41.5 Å². The zero-order chi connectivity index (χ0) is 15.5. The summed E-state index contributed by atoms with van der Waals surface area (Å²) >= 11 is 0. The second-order valence-corrected chi connectivity index (χ2v) is 5.49. The smallest absolute Gasteiger partial charge is 0.336 e. The van der Waals surface area contributed by atoms with Crippen molar-refractivity contribution in [2.24, 2.45) is 5.41 Å². The Hall–Kier alpha value is -2.10. The highest BCUT2D eigenvalue weighted by molar-refractivity contribution is 6.05. The molecule has 21 heavy (non-hydrogen) atoms. The molecule has 1 atom stereocenters. The van der Waals surface area contributed by atoms with E-state index in [2.05, 4.69) is 5.32 Å². The van der Waals surface area contributed by atoms with Gasteiger partial charge in [0.25, 0.3) is 0 Å². The van der Waals surface area contributed by atoms with Gasteiger partial charge in [0.05, 0.1) is 23.3 Å². The van der Waals surface area contributed by atoms with E-state index in [1.165, 1.54) is 0 Å². The molecule has 0 aliphatic carbocycles. The molecule has 0 bridgehead atoms. The Labute approximate surface area is 125 Å². The van der Waals surface area contributed by atoms with Crippen molar-refractivity contribution in [2.75, 3.05) is 6.61 Å². The van der Waals surface area contributed by atoms with Crippen molar-refractivity contribution in [3.8, 4) is 0 Å². The first-order valence-electron chi connectivity index (χ1n) is 7.29. The molecule has 2 rings (SSSR count). The Bertz CT molecular complexity index is 577. The van der Waals surface area contributed by atoms with Gasteiger partial charge in [0.2, 0.25) is 5.91 Å². The first-order valence-corrected chi connectivity index (χ1v) is 7.29. The van der Waals surface area contributed by atoms with E-state index < -0.39 is 5.41 Å². The van der Waals surface area contributed by atoms with Crippen molar-refractivity contribution in [3.63, 3.8) is 0 Å². The number of hydrogen-bond acceptors (Lipinski definition) is 3. The minimum Gasteiger partial charge on any atom is -0.463 e. The number of hydrogen-bond donors (Lipinski definition) is 1. The van der Waals surface area contributed by atoms with E-state index in [9.17, 15) is 9.59 Å². The maximum atomic E-state index is 12.4. The average molecular weight is 287 g/mol. The molecule has 1 aromatic rings. The molecule has 1 N–H and O–H groups in total. The molecule has 1 amide bonds. The van der Waals surface area contributed by atoms with Gasteiger partial charge < -0.3 is 10.1 Å². The van der Waals surface area contributed by atoms with Gasteiger partial charge >= 0.3 is 5.97 Å². The molecule has 0 fully saturated rings. The molecule has 0 radical (unpaired) electrons. The van der Waals surface area contributed by atoms with Gasteiger partial charge in [-0.2, -0.15) is 0 Å². The van der Waals surface area contributed by atoms with Crippen LogP contribution in [0.5, 0.6) is 0 Å².